The van der Waals surface area contributed by atoms with E-state index in [1.807, 2.05) is 0 Å². The minimum absolute atomic E-state index is 0.394. The highest BCUT2D eigenvalue weighted by Gasteiger charge is 2.40. The normalized spacial score (nSPS) is 30.2. The Morgan fingerprint density at radius 1 is 1.21 bits per heavy atom. The Bertz CT molecular complexity index is 460. The molecule has 4 heteroatoms. The molecule has 2 bridgehead atoms. The third-order valence-electron chi connectivity index (χ3n) is 4.31. The molecule has 2 unspecified atom stereocenters. The van der Waals surface area contributed by atoms with Gasteiger partial charge in [-0.3, -0.25) is 0 Å². The maximum Gasteiger partial charge on any atom is 0.133 e. The first-order chi connectivity index (χ1) is 9.04. The Labute approximate surface area is 124 Å². The van der Waals surface area contributed by atoms with Crippen molar-refractivity contribution < 1.29 is 0 Å². The maximum atomic E-state index is 4.82. The number of aryl methyl sites for hydroxylation is 1. The van der Waals surface area contributed by atoms with Gasteiger partial charge in [0.1, 0.15) is 11.6 Å². The number of rotatable bonds is 2. The van der Waals surface area contributed by atoms with E-state index in [9.17, 15) is 0 Å². The number of hydrogen-bond donors (Lipinski definition) is 0. The van der Waals surface area contributed by atoms with Crippen molar-refractivity contribution in [2.24, 2.45) is 0 Å². The van der Waals surface area contributed by atoms with Crippen molar-refractivity contribution in [3.05, 3.63) is 17.6 Å². The molecule has 0 saturated carbocycles. The van der Waals surface area contributed by atoms with Crippen LogP contribution >= 0.6 is 15.9 Å². The Morgan fingerprint density at radius 2 is 1.84 bits per heavy atom. The zero-order valence-electron chi connectivity index (χ0n) is 11.9. The first-order valence-corrected chi connectivity index (χ1v) is 8.24. The van der Waals surface area contributed by atoms with Crippen molar-refractivity contribution >= 4 is 21.7 Å². The first kappa shape index (κ1) is 13.3. The number of halogens is 1. The van der Waals surface area contributed by atoms with Gasteiger partial charge in [0.25, 0.3) is 0 Å². The first-order valence-electron chi connectivity index (χ1n) is 7.32. The van der Waals surface area contributed by atoms with Crippen molar-refractivity contribution in [2.75, 3.05) is 4.90 Å². The van der Waals surface area contributed by atoms with Gasteiger partial charge in [0.05, 0.1) is 0 Å². The molecule has 0 aliphatic carbocycles. The molecular weight excluding hydrogens is 302 g/mol. The standard InChI is InChI=1S/C15H22BrN3/c1-9(2)15-17-10(3)6-14(18-15)19-12-4-5-13(19)8-11(16)7-12/h6,9,11-13H,4-5,7-8H2,1-3H3. The quantitative estimate of drug-likeness (QED) is 0.775. The van der Waals surface area contributed by atoms with Crippen LogP contribution in [0.2, 0.25) is 0 Å². The van der Waals surface area contributed by atoms with E-state index in [1.165, 1.54) is 25.7 Å². The lowest BCUT2D eigenvalue weighted by molar-refractivity contribution is 0.478. The number of fused-ring (bicyclic) bond motifs is 2. The van der Waals surface area contributed by atoms with Gasteiger partial charge in [-0.25, -0.2) is 9.97 Å². The second kappa shape index (κ2) is 5.04. The van der Waals surface area contributed by atoms with Crippen LogP contribution in [0.1, 0.15) is 57.0 Å². The van der Waals surface area contributed by atoms with E-state index in [-0.39, 0.29) is 0 Å². The molecule has 19 heavy (non-hydrogen) atoms. The van der Waals surface area contributed by atoms with Crippen LogP contribution in [-0.2, 0) is 0 Å². The fourth-order valence-corrected chi connectivity index (χ4v) is 4.31. The van der Waals surface area contributed by atoms with Crippen LogP contribution in [0.4, 0.5) is 5.82 Å². The van der Waals surface area contributed by atoms with Gasteiger partial charge < -0.3 is 4.90 Å². The highest BCUT2D eigenvalue weighted by Crippen LogP contribution is 2.41. The van der Waals surface area contributed by atoms with E-state index >= 15 is 0 Å². The summed E-state index contributed by atoms with van der Waals surface area (Å²) in [6, 6.07) is 3.49. The number of hydrogen-bond acceptors (Lipinski definition) is 3. The lowest BCUT2D eigenvalue weighted by Crippen LogP contribution is -2.44. The van der Waals surface area contributed by atoms with Crippen molar-refractivity contribution in [1.29, 1.82) is 0 Å². The fraction of sp³-hybridized carbons (Fsp3) is 0.733. The minimum atomic E-state index is 0.394. The Hall–Kier alpha value is -0.640. The predicted octanol–water partition coefficient (Wildman–Crippen LogP) is 3.80. The molecule has 1 aromatic rings. The van der Waals surface area contributed by atoms with Crippen LogP contribution in [0.3, 0.4) is 0 Å². The molecule has 0 aromatic carbocycles. The van der Waals surface area contributed by atoms with Crippen LogP contribution in [0.15, 0.2) is 6.07 Å². The van der Waals surface area contributed by atoms with Gasteiger partial charge in [0.15, 0.2) is 0 Å². The van der Waals surface area contributed by atoms with Gasteiger partial charge in [-0.15, -0.1) is 0 Å². The monoisotopic (exact) mass is 323 g/mol. The van der Waals surface area contributed by atoms with Gasteiger partial charge >= 0.3 is 0 Å². The molecule has 0 amide bonds. The SMILES string of the molecule is Cc1cc(N2C3CCC2CC(Br)C3)nc(C(C)C)n1. The van der Waals surface area contributed by atoms with E-state index in [2.05, 4.69) is 52.7 Å². The maximum absolute atomic E-state index is 4.82. The molecule has 2 aliphatic heterocycles. The molecule has 2 aliphatic rings. The third-order valence-corrected chi connectivity index (χ3v) is 5.06. The average Bonchev–Trinajstić information content (AvgIpc) is 2.61. The van der Waals surface area contributed by atoms with Crippen LogP contribution in [-0.4, -0.2) is 26.9 Å². The molecule has 2 atom stereocenters. The van der Waals surface area contributed by atoms with Crippen molar-refractivity contribution in [2.45, 2.75) is 69.3 Å². The molecule has 2 saturated heterocycles. The Kier molecular flexibility index (Phi) is 3.54. The van der Waals surface area contributed by atoms with Crippen LogP contribution in [0, 0.1) is 6.92 Å². The van der Waals surface area contributed by atoms with Crippen molar-refractivity contribution in [3.63, 3.8) is 0 Å². The molecule has 0 N–H and O–H groups in total. The predicted molar refractivity (Wildman–Crippen MR) is 82.1 cm³/mol. The van der Waals surface area contributed by atoms with Crippen molar-refractivity contribution in [3.8, 4) is 0 Å². The number of piperidine rings is 1. The largest absolute Gasteiger partial charge is 0.350 e. The smallest absolute Gasteiger partial charge is 0.133 e. The summed E-state index contributed by atoms with van der Waals surface area (Å²) in [4.78, 5) is 12.6. The topological polar surface area (TPSA) is 29.0 Å². The van der Waals surface area contributed by atoms with E-state index in [0.29, 0.717) is 22.8 Å². The molecule has 104 valence electrons. The van der Waals surface area contributed by atoms with Gasteiger partial charge in [0.2, 0.25) is 0 Å². The molecule has 1 aromatic heterocycles. The summed E-state index contributed by atoms with van der Waals surface area (Å²) in [5.41, 5.74) is 1.09. The van der Waals surface area contributed by atoms with E-state index < -0.39 is 0 Å². The zero-order chi connectivity index (χ0) is 13.6. The number of anilines is 1. The summed E-state index contributed by atoms with van der Waals surface area (Å²) >= 11 is 3.80. The molecule has 0 radical (unpaired) electrons. The highest BCUT2D eigenvalue weighted by molar-refractivity contribution is 9.09. The van der Waals surface area contributed by atoms with Gasteiger partial charge in [-0.1, -0.05) is 29.8 Å². The third kappa shape index (κ3) is 2.51. The molecule has 3 heterocycles. The second-order valence-electron chi connectivity index (χ2n) is 6.24. The van der Waals surface area contributed by atoms with Gasteiger partial charge in [0, 0.05) is 34.6 Å². The Morgan fingerprint density at radius 3 is 2.42 bits per heavy atom. The zero-order valence-corrected chi connectivity index (χ0v) is 13.5. The lowest BCUT2D eigenvalue weighted by atomic mass is 10.0. The summed E-state index contributed by atoms with van der Waals surface area (Å²) in [5, 5.41) is 0. The van der Waals surface area contributed by atoms with Gasteiger partial charge in [-0.2, -0.15) is 0 Å². The summed E-state index contributed by atoms with van der Waals surface area (Å²) in [5.74, 6) is 2.53. The molecule has 3 rings (SSSR count). The van der Waals surface area contributed by atoms with E-state index in [1.54, 1.807) is 0 Å². The number of nitrogens with zero attached hydrogens (tertiary/aromatic N) is 3. The highest BCUT2D eigenvalue weighted by atomic mass is 79.9. The fourth-order valence-electron chi connectivity index (χ4n) is 3.45. The summed E-state index contributed by atoms with van der Waals surface area (Å²) in [7, 11) is 0. The second-order valence-corrected chi connectivity index (χ2v) is 7.54. The van der Waals surface area contributed by atoms with Crippen LogP contribution in [0.5, 0.6) is 0 Å². The molecule has 3 nitrogen and oxygen atoms in total. The lowest BCUT2D eigenvalue weighted by Gasteiger charge is -2.38. The van der Waals surface area contributed by atoms with Crippen LogP contribution < -0.4 is 4.90 Å². The number of aromatic nitrogens is 2. The summed E-state index contributed by atoms with van der Waals surface area (Å²) in [6.07, 6.45) is 5.12. The van der Waals surface area contributed by atoms with E-state index in [0.717, 1.165) is 17.3 Å². The molecule has 0 spiro atoms. The molecule has 2 fully saturated rings. The summed E-state index contributed by atoms with van der Waals surface area (Å²) < 4.78 is 0. The van der Waals surface area contributed by atoms with Gasteiger partial charge in [-0.05, 0) is 32.6 Å². The average molecular weight is 324 g/mol. The van der Waals surface area contributed by atoms with Crippen LogP contribution in [0.25, 0.3) is 0 Å². The number of alkyl halides is 1. The van der Waals surface area contributed by atoms with E-state index in [4.69, 9.17) is 4.98 Å². The van der Waals surface area contributed by atoms with Crippen molar-refractivity contribution in [1.82, 2.24) is 9.97 Å². The Balaban J connectivity index is 1.94. The summed E-state index contributed by atoms with van der Waals surface area (Å²) in [6.45, 7) is 6.41. The minimum Gasteiger partial charge on any atom is -0.350 e. The molecular formula is C15H22BrN3.